The van der Waals surface area contributed by atoms with E-state index in [1.807, 2.05) is 12.2 Å². The van der Waals surface area contributed by atoms with E-state index >= 15 is 0 Å². The number of aryl methyl sites for hydroxylation is 3. The highest BCUT2D eigenvalue weighted by Crippen LogP contribution is 2.26. The van der Waals surface area contributed by atoms with Crippen LogP contribution in [0.2, 0.25) is 0 Å². The van der Waals surface area contributed by atoms with Crippen molar-refractivity contribution < 1.29 is 0 Å². The van der Waals surface area contributed by atoms with Crippen LogP contribution in [-0.2, 0) is 0 Å². The lowest BCUT2D eigenvalue weighted by atomic mass is 10.0. The highest BCUT2D eigenvalue weighted by atomic mass is 15.1. The molecule has 0 spiro atoms. The Morgan fingerprint density at radius 2 is 1.44 bits per heavy atom. The van der Waals surface area contributed by atoms with Gasteiger partial charge in [0.1, 0.15) is 0 Å². The van der Waals surface area contributed by atoms with Crippen molar-refractivity contribution in [3.05, 3.63) is 54.1 Å². The molecule has 0 fully saturated rings. The van der Waals surface area contributed by atoms with Crippen molar-refractivity contribution in [2.45, 2.75) is 20.8 Å². The van der Waals surface area contributed by atoms with Gasteiger partial charge in [-0.15, -0.1) is 13.2 Å². The first-order valence-corrected chi connectivity index (χ1v) is 5.64. The van der Waals surface area contributed by atoms with Crippen molar-refractivity contribution in [2.24, 2.45) is 0 Å². The summed E-state index contributed by atoms with van der Waals surface area (Å²) >= 11 is 0. The molecular formula is C15H21N. The van der Waals surface area contributed by atoms with Gasteiger partial charge in [-0.2, -0.15) is 0 Å². The van der Waals surface area contributed by atoms with Crippen LogP contribution < -0.4 is 4.90 Å². The number of hydrogen-bond acceptors (Lipinski definition) is 1. The number of anilines is 1. The van der Waals surface area contributed by atoms with Gasteiger partial charge in [0, 0.05) is 18.8 Å². The summed E-state index contributed by atoms with van der Waals surface area (Å²) in [5.74, 6) is 0. The lowest BCUT2D eigenvalue weighted by Crippen LogP contribution is -2.24. The van der Waals surface area contributed by atoms with E-state index in [0.717, 1.165) is 13.1 Å². The van der Waals surface area contributed by atoms with Gasteiger partial charge in [0.25, 0.3) is 0 Å². The topological polar surface area (TPSA) is 3.24 Å². The van der Waals surface area contributed by atoms with E-state index in [1.165, 1.54) is 22.4 Å². The summed E-state index contributed by atoms with van der Waals surface area (Å²) in [7, 11) is 0. The van der Waals surface area contributed by atoms with Crippen LogP contribution in [0.15, 0.2) is 37.4 Å². The molecule has 0 aromatic heterocycles. The zero-order valence-electron chi connectivity index (χ0n) is 10.6. The number of benzene rings is 1. The number of nitrogens with zero attached hydrogens (tertiary/aromatic N) is 1. The Bertz CT molecular complexity index is 357. The third-order valence-electron chi connectivity index (χ3n) is 2.65. The minimum Gasteiger partial charge on any atom is -0.364 e. The van der Waals surface area contributed by atoms with Gasteiger partial charge in [-0.1, -0.05) is 29.8 Å². The summed E-state index contributed by atoms with van der Waals surface area (Å²) in [6.45, 7) is 15.8. The van der Waals surface area contributed by atoms with Crippen molar-refractivity contribution in [3.63, 3.8) is 0 Å². The van der Waals surface area contributed by atoms with E-state index in [4.69, 9.17) is 0 Å². The largest absolute Gasteiger partial charge is 0.364 e. The van der Waals surface area contributed by atoms with Crippen molar-refractivity contribution in [1.82, 2.24) is 0 Å². The molecule has 0 radical (unpaired) electrons. The van der Waals surface area contributed by atoms with Gasteiger partial charge in [-0.25, -0.2) is 0 Å². The van der Waals surface area contributed by atoms with Gasteiger partial charge < -0.3 is 4.90 Å². The van der Waals surface area contributed by atoms with E-state index in [2.05, 4.69) is 51.0 Å². The quantitative estimate of drug-likeness (QED) is 0.675. The molecule has 86 valence electrons. The molecule has 0 atom stereocenters. The molecule has 16 heavy (non-hydrogen) atoms. The van der Waals surface area contributed by atoms with Crippen LogP contribution in [0, 0.1) is 20.8 Å². The molecule has 0 heterocycles. The van der Waals surface area contributed by atoms with Gasteiger partial charge in [0.15, 0.2) is 0 Å². The second-order valence-electron chi connectivity index (χ2n) is 4.23. The zero-order valence-corrected chi connectivity index (χ0v) is 10.6. The molecular weight excluding hydrogens is 194 g/mol. The first kappa shape index (κ1) is 12.6. The van der Waals surface area contributed by atoms with Gasteiger partial charge in [-0.05, 0) is 31.9 Å². The average molecular weight is 215 g/mol. The minimum absolute atomic E-state index is 0.858. The zero-order chi connectivity index (χ0) is 12.1. The maximum atomic E-state index is 3.81. The maximum Gasteiger partial charge on any atom is 0.0431 e. The van der Waals surface area contributed by atoms with E-state index in [9.17, 15) is 0 Å². The Hall–Kier alpha value is -1.50. The summed E-state index contributed by atoms with van der Waals surface area (Å²) in [6.07, 6.45) is 3.87. The standard InChI is InChI=1S/C15H21N/c1-6-8-16(9-7-2)15-13(4)10-12(3)11-14(15)5/h6-7,10-11H,1-2,8-9H2,3-5H3. The summed E-state index contributed by atoms with van der Waals surface area (Å²) in [5, 5.41) is 0. The first-order chi connectivity index (χ1) is 7.60. The van der Waals surface area contributed by atoms with Crippen LogP contribution in [0.5, 0.6) is 0 Å². The highest BCUT2D eigenvalue weighted by molar-refractivity contribution is 5.60. The summed E-state index contributed by atoms with van der Waals surface area (Å²) in [6, 6.07) is 4.45. The van der Waals surface area contributed by atoms with Gasteiger partial charge in [0.05, 0.1) is 0 Å². The van der Waals surface area contributed by atoms with E-state index in [0.29, 0.717) is 0 Å². The fourth-order valence-electron chi connectivity index (χ4n) is 2.24. The molecule has 1 heteroatoms. The second-order valence-corrected chi connectivity index (χ2v) is 4.23. The maximum absolute atomic E-state index is 3.81. The molecule has 1 nitrogen and oxygen atoms in total. The molecule has 0 unspecified atom stereocenters. The molecule has 0 aliphatic heterocycles. The molecule has 0 aliphatic carbocycles. The molecule has 1 aromatic rings. The third kappa shape index (κ3) is 2.75. The van der Waals surface area contributed by atoms with Crippen LogP contribution in [0.4, 0.5) is 5.69 Å². The Morgan fingerprint density at radius 1 is 1.00 bits per heavy atom. The summed E-state index contributed by atoms with van der Waals surface area (Å²) < 4.78 is 0. The fourth-order valence-corrected chi connectivity index (χ4v) is 2.24. The molecule has 0 amide bonds. The lowest BCUT2D eigenvalue weighted by Gasteiger charge is -2.26. The van der Waals surface area contributed by atoms with E-state index in [1.54, 1.807) is 0 Å². The molecule has 1 rings (SSSR count). The van der Waals surface area contributed by atoms with Crippen LogP contribution in [0.1, 0.15) is 16.7 Å². The Labute approximate surface area is 99.1 Å². The monoisotopic (exact) mass is 215 g/mol. The van der Waals surface area contributed by atoms with Crippen molar-refractivity contribution >= 4 is 5.69 Å². The molecule has 1 aromatic carbocycles. The predicted molar refractivity (Wildman–Crippen MR) is 73.3 cm³/mol. The Morgan fingerprint density at radius 3 is 1.81 bits per heavy atom. The normalized spacial score (nSPS) is 9.94. The molecule has 0 aliphatic rings. The van der Waals surface area contributed by atoms with Crippen LogP contribution >= 0.6 is 0 Å². The summed E-state index contributed by atoms with van der Waals surface area (Å²) in [4.78, 5) is 2.30. The van der Waals surface area contributed by atoms with Crippen LogP contribution in [0.25, 0.3) is 0 Å². The van der Waals surface area contributed by atoms with E-state index < -0.39 is 0 Å². The predicted octanol–water partition coefficient (Wildman–Crippen LogP) is 3.79. The smallest absolute Gasteiger partial charge is 0.0431 e. The van der Waals surface area contributed by atoms with Crippen molar-refractivity contribution in [1.29, 1.82) is 0 Å². The molecule has 0 bridgehead atoms. The van der Waals surface area contributed by atoms with Crippen LogP contribution in [-0.4, -0.2) is 13.1 Å². The molecule has 0 N–H and O–H groups in total. The Balaban J connectivity index is 3.16. The first-order valence-electron chi connectivity index (χ1n) is 5.64. The SMILES string of the molecule is C=CCN(CC=C)c1c(C)cc(C)cc1C. The molecule has 0 saturated carbocycles. The van der Waals surface area contributed by atoms with Gasteiger partial charge in [0.2, 0.25) is 0 Å². The van der Waals surface area contributed by atoms with Gasteiger partial charge >= 0.3 is 0 Å². The Kier molecular flexibility index (Phi) is 4.36. The lowest BCUT2D eigenvalue weighted by molar-refractivity contribution is 0.941. The number of rotatable bonds is 5. The third-order valence-corrected chi connectivity index (χ3v) is 2.65. The highest BCUT2D eigenvalue weighted by Gasteiger charge is 2.09. The van der Waals surface area contributed by atoms with Crippen molar-refractivity contribution in [2.75, 3.05) is 18.0 Å². The number of hydrogen-bond donors (Lipinski definition) is 0. The summed E-state index contributed by atoms with van der Waals surface area (Å²) in [5.41, 5.74) is 5.27. The fraction of sp³-hybridized carbons (Fsp3) is 0.333. The second kappa shape index (κ2) is 5.55. The average Bonchev–Trinajstić information content (AvgIpc) is 2.16. The van der Waals surface area contributed by atoms with Gasteiger partial charge in [-0.3, -0.25) is 0 Å². The van der Waals surface area contributed by atoms with Crippen LogP contribution in [0.3, 0.4) is 0 Å². The molecule has 0 saturated heterocycles. The van der Waals surface area contributed by atoms with Crippen molar-refractivity contribution in [3.8, 4) is 0 Å². The van der Waals surface area contributed by atoms with E-state index in [-0.39, 0.29) is 0 Å². The minimum atomic E-state index is 0.858.